The molecule has 3 rings (SSSR count). The summed E-state index contributed by atoms with van der Waals surface area (Å²) in [6.45, 7) is 5.23. The summed E-state index contributed by atoms with van der Waals surface area (Å²) in [5, 5.41) is 6.90. The van der Waals surface area contributed by atoms with Gasteiger partial charge in [0.2, 0.25) is 5.91 Å². The number of carbonyl (C=O) groups excluding carboxylic acids is 1. The van der Waals surface area contributed by atoms with Crippen LogP contribution in [0, 0.1) is 0 Å². The van der Waals surface area contributed by atoms with Crippen molar-refractivity contribution >= 4 is 35.8 Å². The molecular formula is C20H31IN4O. The number of amides is 1. The van der Waals surface area contributed by atoms with E-state index in [2.05, 4.69) is 41.8 Å². The van der Waals surface area contributed by atoms with Crippen LogP contribution in [0.2, 0.25) is 0 Å². The molecule has 1 aliphatic heterocycles. The molecule has 1 saturated heterocycles. The molecule has 1 aromatic rings. The van der Waals surface area contributed by atoms with Crippen LogP contribution in [0.25, 0.3) is 0 Å². The second-order valence-electron chi connectivity index (χ2n) is 7.06. The molecule has 2 N–H and O–H groups in total. The molecule has 1 heterocycles. The van der Waals surface area contributed by atoms with Crippen LogP contribution in [0.15, 0.2) is 29.3 Å². The van der Waals surface area contributed by atoms with E-state index in [-0.39, 0.29) is 29.9 Å². The van der Waals surface area contributed by atoms with Crippen molar-refractivity contribution in [1.82, 2.24) is 15.5 Å². The van der Waals surface area contributed by atoms with Crippen molar-refractivity contribution in [3.8, 4) is 0 Å². The topological polar surface area (TPSA) is 56.7 Å². The molecule has 0 atom stereocenters. The summed E-state index contributed by atoms with van der Waals surface area (Å²) in [6.07, 6.45) is 6.79. The minimum absolute atomic E-state index is 0. The number of nitrogens with one attached hydrogen (secondary N) is 2. The largest absolute Gasteiger partial charge is 0.357 e. The predicted octanol–water partition coefficient (Wildman–Crippen LogP) is 3.42. The molecule has 0 spiro atoms. The normalized spacial score (nSPS) is 18.1. The molecule has 1 amide bonds. The standard InChI is InChI=1S/C20H30N4O.HI/c1-2-21-20(23-18-9-3-4-10-18)22-14-16-7-5-8-17(13-16)15-24-12-6-11-19(24)25;/h5,7-8,13,18H,2-4,6,9-12,14-15H2,1H3,(H2,21,22,23);1H. The van der Waals surface area contributed by atoms with E-state index < -0.39 is 0 Å². The lowest BCUT2D eigenvalue weighted by Crippen LogP contribution is -2.42. The first-order chi connectivity index (χ1) is 12.2. The minimum Gasteiger partial charge on any atom is -0.357 e. The van der Waals surface area contributed by atoms with Crippen molar-refractivity contribution in [2.24, 2.45) is 4.99 Å². The number of nitrogens with zero attached hydrogens (tertiary/aromatic N) is 2. The zero-order valence-corrected chi connectivity index (χ0v) is 18.0. The number of likely N-dealkylation sites (tertiary alicyclic amines) is 1. The highest BCUT2D eigenvalue weighted by Gasteiger charge is 2.20. The molecule has 144 valence electrons. The van der Waals surface area contributed by atoms with E-state index in [9.17, 15) is 4.79 Å². The maximum Gasteiger partial charge on any atom is 0.222 e. The van der Waals surface area contributed by atoms with Crippen LogP contribution < -0.4 is 10.6 Å². The highest BCUT2D eigenvalue weighted by molar-refractivity contribution is 14.0. The van der Waals surface area contributed by atoms with Crippen LogP contribution in [-0.4, -0.2) is 35.9 Å². The lowest BCUT2D eigenvalue weighted by molar-refractivity contribution is -0.128. The molecule has 5 nitrogen and oxygen atoms in total. The lowest BCUT2D eigenvalue weighted by atomic mass is 10.1. The highest BCUT2D eigenvalue weighted by atomic mass is 127. The van der Waals surface area contributed by atoms with Gasteiger partial charge in [-0.2, -0.15) is 0 Å². The monoisotopic (exact) mass is 470 g/mol. The number of carbonyl (C=O) groups is 1. The van der Waals surface area contributed by atoms with Gasteiger partial charge in [0, 0.05) is 32.1 Å². The molecular weight excluding hydrogens is 439 g/mol. The van der Waals surface area contributed by atoms with Crippen molar-refractivity contribution in [1.29, 1.82) is 0 Å². The van der Waals surface area contributed by atoms with E-state index in [0.717, 1.165) is 32.0 Å². The molecule has 2 fully saturated rings. The smallest absolute Gasteiger partial charge is 0.222 e. The highest BCUT2D eigenvalue weighted by Crippen LogP contribution is 2.18. The Morgan fingerprint density at radius 3 is 2.69 bits per heavy atom. The van der Waals surface area contributed by atoms with Crippen molar-refractivity contribution in [3.05, 3.63) is 35.4 Å². The molecule has 26 heavy (non-hydrogen) atoms. The van der Waals surface area contributed by atoms with Crippen LogP contribution >= 0.6 is 24.0 Å². The first-order valence-corrected chi connectivity index (χ1v) is 9.65. The maximum atomic E-state index is 11.8. The summed E-state index contributed by atoms with van der Waals surface area (Å²) in [5.41, 5.74) is 2.38. The molecule has 0 bridgehead atoms. The van der Waals surface area contributed by atoms with Gasteiger partial charge in [-0.25, -0.2) is 4.99 Å². The fourth-order valence-electron chi connectivity index (χ4n) is 3.67. The van der Waals surface area contributed by atoms with Gasteiger partial charge < -0.3 is 15.5 Å². The van der Waals surface area contributed by atoms with E-state index in [4.69, 9.17) is 4.99 Å². The molecule has 0 unspecified atom stereocenters. The molecule has 0 aromatic heterocycles. The van der Waals surface area contributed by atoms with Crippen LogP contribution in [0.1, 0.15) is 56.6 Å². The van der Waals surface area contributed by atoms with Crippen LogP contribution in [0.4, 0.5) is 0 Å². The van der Waals surface area contributed by atoms with E-state index >= 15 is 0 Å². The number of hydrogen-bond acceptors (Lipinski definition) is 2. The Balaban J connectivity index is 0.00000243. The second kappa shape index (κ2) is 10.7. The number of rotatable bonds is 6. The van der Waals surface area contributed by atoms with Gasteiger partial charge in [-0.15, -0.1) is 24.0 Å². The zero-order valence-electron chi connectivity index (χ0n) is 15.7. The Bertz CT molecular complexity index is 614. The molecule has 2 aliphatic rings. The number of guanidine groups is 1. The third kappa shape index (κ3) is 6.14. The number of halogens is 1. The Labute approximate surface area is 174 Å². The van der Waals surface area contributed by atoms with Crippen molar-refractivity contribution in [2.75, 3.05) is 13.1 Å². The molecule has 6 heteroatoms. The number of aliphatic imine (C=N–C) groups is 1. The first kappa shape index (κ1) is 21.0. The quantitative estimate of drug-likeness (QED) is 0.381. The van der Waals surface area contributed by atoms with Crippen molar-refractivity contribution < 1.29 is 4.79 Å². The third-order valence-electron chi connectivity index (χ3n) is 5.00. The van der Waals surface area contributed by atoms with Crippen LogP contribution in [0.3, 0.4) is 0 Å². The van der Waals surface area contributed by atoms with Crippen molar-refractivity contribution in [3.63, 3.8) is 0 Å². The predicted molar refractivity (Wildman–Crippen MR) is 117 cm³/mol. The fraction of sp³-hybridized carbons (Fsp3) is 0.600. The van der Waals surface area contributed by atoms with Gasteiger partial charge in [0.25, 0.3) is 0 Å². The average Bonchev–Trinajstić information content (AvgIpc) is 3.26. The van der Waals surface area contributed by atoms with E-state index in [1.807, 2.05) is 4.90 Å². The Morgan fingerprint density at radius 1 is 1.23 bits per heavy atom. The maximum absolute atomic E-state index is 11.8. The van der Waals surface area contributed by atoms with E-state index in [1.165, 1.54) is 36.8 Å². The van der Waals surface area contributed by atoms with E-state index in [0.29, 0.717) is 19.0 Å². The SMILES string of the molecule is CCNC(=NCc1cccc(CN2CCCC2=O)c1)NC1CCCC1.I. The average molecular weight is 470 g/mol. The Morgan fingerprint density at radius 2 is 2.00 bits per heavy atom. The van der Waals surface area contributed by atoms with Crippen LogP contribution in [-0.2, 0) is 17.9 Å². The summed E-state index contributed by atoms with van der Waals surface area (Å²) in [7, 11) is 0. The number of hydrogen-bond donors (Lipinski definition) is 2. The molecule has 0 radical (unpaired) electrons. The summed E-state index contributed by atoms with van der Waals surface area (Å²) in [6, 6.07) is 9.01. The second-order valence-corrected chi connectivity index (χ2v) is 7.06. The fourth-order valence-corrected chi connectivity index (χ4v) is 3.67. The van der Waals surface area contributed by atoms with Gasteiger partial charge in [0.1, 0.15) is 0 Å². The zero-order chi connectivity index (χ0) is 17.5. The molecule has 1 saturated carbocycles. The Kier molecular flexibility index (Phi) is 8.68. The lowest BCUT2D eigenvalue weighted by Gasteiger charge is -2.17. The van der Waals surface area contributed by atoms with Gasteiger partial charge >= 0.3 is 0 Å². The summed E-state index contributed by atoms with van der Waals surface area (Å²) in [5.74, 6) is 1.19. The van der Waals surface area contributed by atoms with Gasteiger partial charge in [0.15, 0.2) is 5.96 Å². The molecule has 1 aromatic carbocycles. The summed E-state index contributed by atoms with van der Waals surface area (Å²) in [4.78, 5) is 18.5. The number of benzene rings is 1. The van der Waals surface area contributed by atoms with Crippen molar-refractivity contribution in [2.45, 2.75) is 64.6 Å². The van der Waals surface area contributed by atoms with E-state index in [1.54, 1.807) is 0 Å². The Hall–Kier alpha value is -1.31. The van der Waals surface area contributed by atoms with Gasteiger partial charge in [-0.3, -0.25) is 4.79 Å². The first-order valence-electron chi connectivity index (χ1n) is 9.65. The van der Waals surface area contributed by atoms with Gasteiger partial charge in [-0.1, -0.05) is 37.1 Å². The van der Waals surface area contributed by atoms with Gasteiger partial charge in [0.05, 0.1) is 6.54 Å². The third-order valence-corrected chi connectivity index (χ3v) is 5.00. The van der Waals surface area contributed by atoms with Crippen LogP contribution in [0.5, 0.6) is 0 Å². The minimum atomic E-state index is 0. The summed E-state index contributed by atoms with van der Waals surface area (Å²) < 4.78 is 0. The van der Waals surface area contributed by atoms with Gasteiger partial charge in [-0.05, 0) is 37.3 Å². The summed E-state index contributed by atoms with van der Waals surface area (Å²) >= 11 is 0. The molecule has 1 aliphatic carbocycles.